The molecular weight excluding hydrogens is 106 g/mol. The van der Waals surface area contributed by atoms with E-state index in [4.69, 9.17) is 5.73 Å². The highest BCUT2D eigenvalue weighted by atomic mass is 16.2. The summed E-state index contributed by atoms with van der Waals surface area (Å²) in [4.78, 5) is 10.4. The molecule has 0 aromatic heterocycles. The van der Waals surface area contributed by atoms with E-state index in [1.54, 1.807) is 6.92 Å². The average molecular weight is 115 g/mol. The molecule has 0 bridgehead atoms. The van der Waals surface area contributed by atoms with Crippen molar-refractivity contribution >= 4 is 5.91 Å². The van der Waals surface area contributed by atoms with Crippen LogP contribution in [0.15, 0.2) is 0 Å². The second-order valence-electron chi connectivity index (χ2n) is 2.27. The van der Waals surface area contributed by atoms with Crippen LogP contribution >= 0.6 is 0 Å². The van der Waals surface area contributed by atoms with Gasteiger partial charge < -0.3 is 5.73 Å². The maximum absolute atomic E-state index is 10.4. The molecule has 1 rings (SSSR count). The zero-order chi connectivity index (χ0) is 6.20. The molecule has 1 unspecified atom stereocenters. The van der Waals surface area contributed by atoms with Gasteiger partial charge in [-0.25, -0.2) is 5.43 Å². The van der Waals surface area contributed by atoms with Gasteiger partial charge in [0.25, 0.3) is 0 Å². The minimum absolute atomic E-state index is 0.0463. The Kier molecular flexibility index (Phi) is 0.988. The van der Waals surface area contributed by atoms with Crippen LogP contribution in [-0.2, 0) is 4.79 Å². The fourth-order valence-electron chi connectivity index (χ4n) is 0.634. The first kappa shape index (κ1) is 5.53. The van der Waals surface area contributed by atoms with Crippen molar-refractivity contribution in [3.05, 3.63) is 0 Å². The van der Waals surface area contributed by atoms with E-state index in [1.165, 1.54) is 0 Å². The molecule has 0 aliphatic carbocycles. The lowest BCUT2D eigenvalue weighted by Gasteiger charge is -2.13. The van der Waals surface area contributed by atoms with Crippen LogP contribution in [0, 0.1) is 0 Å². The Bertz CT molecular complexity index is 120. The van der Waals surface area contributed by atoms with Gasteiger partial charge in [0.05, 0.1) is 12.1 Å². The molecule has 4 heteroatoms. The number of rotatable bonds is 0. The van der Waals surface area contributed by atoms with Gasteiger partial charge in [0.1, 0.15) is 0 Å². The van der Waals surface area contributed by atoms with Crippen LogP contribution in [0.25, 0.3) is 0 Å². The zero-order valence-electron chi connectivity index (χ0n) is 4.69. The number of hydrazine groups is 1. The van der Waals surface area contributed by atoms with Crippen LogP contribution < -0.4 is 16.6 Å². The van der Waals surface area contributed by atoms with E-state index in [2.05, 4.69) is 10.9 Å². The minimum Gasteiger partial charge on any atom is -0.312 e. The fraction of sp³-hybridized carbons (Fsp3) is 0.750. The lowest BCUT2D eigenvalue weighted by atomic mass is 10.2. The first-order chi connectivity index (χ1) is 3.60. The number of hydrogen-bond donors (Lipinski definition) is 3. The van der Waals surface area contributed by atoms with Crippen molar-refractivity contribution in [2.24, 2.45) is 5.73 Å². The molecule has 1 fully saturated rings. The Balaban J connectivity index is 2.56. The molecule has 0 saturated carbocycles. The van der Waals surface area contributed by atoms with Gasteiger partial charge in [-0.1, -0.05) is 0 Å². The summed E-state index contributed by atoms with van der Waals surface area (Å²) in [5.74, 6) is -0.0463. The van der Waals surface area contributed by atoms with Gasteiger partial charge >= 0.3 is 0 Å². The number of hydrogen-bond acceptors (Lipinski definition) is 3. The number of carbonyl (C=O) groups excluding carboxylic acids is 1. The molecule has 1 aliphatic rings. The molecule has 1 aliphatic heterocycles. The molecule has 46 valence electrons. The van der Waals surface area contributed by atoms with Gasteiger partial charge in [-0.05, 0) is 6.92 Å². The molecule has 0 spiro atoms. The maximum Gasteiger partial charge on any atom is 0.237 e. The monoisotopic (exact) mass is 115 g/mol. The molecule has 1 amide bonds. The second kappa shape index (κ2) is 1.43. The summed E-state index contributed by atoms with van der Waals surface area (Å²) in [7, 11) is 0. The average Bonchev–Trinajstić information content (AvgIpc) is 1.82. The minimum atomic E-state index is -0.545. The summed E-state index contributed by atoms with van der Waals surface area (Å²) in [5, 5.41) is 0. The molecular formula is C4H9N3O. The highest BCUT2D eigenvalue weighted by molar-refractivity contribution is 5.78. The third-order valence-corrected chi connectivity index (χ3v) is 1.02. The topological polar surface area (TPSA) is 67.2 Å². The van der Waals surface area contributed by atoms with E-state index in [1.807, 2.05) is 0 Å². The zero-order valence-corrected chi connectivity index (χ0v) is 4.69. The van der Waals surface area contributed by atoms with Crippen LogP contribution in [0.2, 0.25) is 0 Å². The molecule has 0 aromatic rings. The van der Waals surface area contributed by atoms with Crippen LogP contribution in [0.5, 0.6) is 0 Å². The summed E-state index contributed by atoms with van der Waals surface area (Å²) in [6, 6.07) is 0. The third-order valence-electron chi connectivity index (χ3n) is 1.02. The first-order valence-corrected chi connectivity index (χ1v) is 2.45. The van der Waals surface area contributed by atoms with Gasteiger partial charge in [0, 0.05) is 0 Å². The predicted octanol–water partition coefficient (Wildman–Crippen LogP) is -1.31. The lowest BCUT2D eigenvalue weighted by Crippen LogP contribution is -2.48. The van der Waals surface area contributed by atoms with E-state index < -0.39 is 5.66 Å². The van der Waals surface area contributed by atoms with Crippen molar-refractivity contribution in [3.8, 4) is 0 Å². The van der Waals surface area contributed by atoms with Gasteiger partial charge in [-0.15, -0.1) is 0 Å². The Hall–Kier alpha value is -0.610. The quantitative estimate of drug-likeness (QED) is 0.367. The van der Waals surface area contributed by atoms with Gasteiger partial charge in [-0.3, -0.25) is 10.2 Å². The number of nitrogens with one attached hydrogen (secondary N) is 2. The van der Waals surface area contributed by atoms with E-state index in [-0.39, 0.29) is 5.91 Å². The third kappa shape index (κ3) is 0.962. The molecule has 0 aromatic carbocycles. The van der Waals surface area contributed by atoms with Crippen molar-refractivity contribution in [1.29, 1.82) is 0 Å². The maximum atomic E-state index is 10.4. The number of carbonyl (C=O) groups is 1. The Morgan fingerprint density at radius 2 is 2.50 bits per heavy atom. The molecule has 8 heavy (non-hydrogen) atoms. The highest BCUT2D eigenvalue weighted by Gasteiger charge is 2.28. The summed E-state index contributed by atoms with van der Waals surface area (Å²) < 4.78 is 0. The van der Waals surface area contributed by atoms with Crippen molar-refractivity contribution in [3.63, 3.8) is 0 Å². The van der Waals surface area contributed by atoms with Gasteiger partial charge in [0.2, 0.25) is 5.91 Å². The molecule has 4 nitrogen and oxygen atoms in total. The normalized spacial score (nSPS) is 37.5. The number of amides is 1. The van der Waals surface area contributed by atoms with E-state index in [0.717, 1.165) is 0 Å². The summed E-state index contributed by atoms with van der Waals surface area (Å²) in [6.07, 6.45) is 0.354. The fourth-order valence-corrected chi connectivity index (χ4v) is 0.634. The van der Waals surface area contributed by atoms with Gasteiger partial charge in [-0.2, -0.15) is 0 Å². The molecule has 4 N–H and O–H groups in total. The SMILES string of the molecule is CC1(N)CC(=O)NN1. The molecule has 0 radical (unpaired) electrons. The van der Waals surface area contributed by atoms with E-state index >= 15 is 0 Å². The summed E-state index contributed by atoms with van der Waals surface area (Å²) in [6.45, 7) is 1.75. The Labute approximate surface area is 47.4 Å². The van der Waals surface area contributed by atoms with Crippen molar-refractivity contribution in [2.75, 3.05) is 0 Å². The Morgan fingerprint density at radius 1 is 1.88 bits per heavy atom. The largest absolute Gasteiger partial charge is 0.312 e. The van der Waals surface area contributed by atoms with Crippen molar-refractivity contribution in [1.82, 2.24) is 10.9 Å². The molecule has 1 atom stereocenters. The van der Waals surface area contributed by atoms with Crippen LogP contribution in [0.3, 0.4) is 0 Å². The van der Waals surface area contributed by atoms with Gasteiger partial charge in [0.15, 0.2) is 0 Å². The lowest BCUT2D eigenvalue weighted by molar-refractivity contribution is -0.119. The van der Waals surface area contributed by atoms with E-state index in [9.17, 15) is 4.79 Å². The Morgan fingerprint density at radius 3 is 2.62 bits per heavy atom. The van der Waals surface area contributed by atoms with E-state index in [0.29, 0.717) is 6.42 Å². The summed E-state index contributed by atoms with van der Waals surface area (Å²) >= 11 is 0. The number of nitrogens with two attached hydrogens (primary N) is 1. The molecule has 1 saturated heterocycles. The summed E-state index contributed by atoms with van der Waals surface area (Å²) in [5.41, 5.74) is 9.95. The van der Waals surface area contributed by atoms with Crippen LogP contribution in [0.4, 0.5) is 0 Å². The highest BCUT2D eigenvalue weighted by Crippen LogP contribution is 2.03. The second-order valence-corrected chi connectivity index (χ2v) is 2.27. The molecule has 1 heterocycles. The van der Waals surface area contributed by atoms with Crippen molar-refractivity contribution < 1.29 is 4.79 Å². The van der Waals surface area contributed by atoms with Crippen LogP contribution in [-0.4, -0.2) is 11.6 Å². The predicted molar refractivity (Wildman–Crippen MR) is 28.5 cm³/mol. The first-order valence-electron chi connectivity index (χ1n) is 2.45. The van der Waals surface area contributed by atoms with Crippen molar-refractivity contribution in [2.45, 2.75) is 19.0 Å². The standard InChI is InChI=1S/C4H9N3O/c1-4(5)2-3(8)6-7-4/h7H,2,5H2,1H3,(H,6,8). The van der Waals surface area contributed by atoms with Crippen LogP contribution in [0.1, 0.15) is 13.3 Å². The smallest absolute Gasteiger partial charge is 0.237 e.